The molecule has 0 unspecified atom stereocenters. The molecular weight excluding hydrogens is 432 g/mol. The molecule has 0 aliphatic carbocycles. The predicted octanol–water partition coefficient (Wildman–Crippen LogP) is 6.30. The summed E-state index contributed by atoms with van der Waals surface area (Å²) < 4.78 is 5.74. The normalized spacial score (nSPS) is 14.1. The van der Waals surface area contributed by atoms with Gasteiger partial charge in [-0.15, -0.1) is 11.3 Å². The second-order valence-corrected chi connectivity index (χ2v) is 9.72. The molecule has 1 aromatic heterocycles. The third-order valence-corrected chi connectivity index (χ3v) is 6.26. The van der Waals surface area contributed by atoms with Crippen LogP contribution in [0.2, 0.25) is 0 Å². The fraction of sp³-hybridized carbons (Fsp3) is 0.259. The average Bonchev–Trinajstić information content (AvgIpc) is 3.40. The van der Waals surface area contributed by atoms with E-state index in [0.717, 1.165) is 10.6 Å². The number of nitrogens with zero attached hydrogens (tertiary/aromatic N) is 1. The van der Waals surface area contributed by atoms with Crippen molar-refractivity contribution >= 4 is 40.1 Å². The van der Waals surface area contributed by atoms with Crippen LogP contribution in [0.15, 0.2) is 71.7 Å². The van der Waals surface area contributed by atoms with E-state index < -0.39 is 0 Å². The largest absolute Gasteiger partial charge is 0.493 e. The van der Waals surface area contributed by atoms with E-state index in [0.29, 0.717) is 41.1 Å². The lowest BCUT2D eigenvalue weighted by molar-refractivity contribution is -0.120. The molecule has 0 radical (unpaired) electrons. The summed E-state index contributed by atoms with van der Waals surface area (Å²) in [7, 11) is 0. The Morgan fingerprint density at radius 3 is 2.18 bits per heavy atom. The van der Waals surface area contributed by atoms with Gasteiger partial charge < -0.3 is 10.1 Å². The number of nitrogens with one attached hydrogen (secondary N) is 1. The zero-order valence-corrected chi connectivity index (χ0v) is 20.1. The van der Waals surface area contributed by atoms with Crippen LogP contribution < -0.4 is 15.0 Å². The van der Waals surface area contributed by atoms with Gasteiger partial charge >= 0.3 is 0 Å². The van der Waals surface area contributed by atoms with E-state index in [1.807, 2.05) is 41.8 Å². The Morgan fingerprint density at radius 2 is 1.61 bits per heavy atom. The highest BCUT2D eigenvalue weighted by Gasteiger charge is 2.40. The zero-order valence-electron chi connectivity index (χ0n) is 19.3. The lowest BCUT2D eigenvalue weighted by Gasteiger charge is -2.16. The molecule has 170 valence electrons. The molecule has 5 nitrogen and oxygen atoms in total. The monoisotopic (exact) mass is 460 g/mol. The van der Waals surface area contributed by atoms with Crippen LogP contribution in [0.5, 0.6) is 5.75 Å². The number of amides is 2. The van der Waals surface area contributed by atoms with E-state index in [1.165, 1.54) is 21.8 Å². The highest BCUT2D eigenvalue weighted by Crippen LogP contribution is 2.36. The first kappa shape index (κ1) is 22.8. The van der Waals surface area contributed by atoms with Crippen molar-refractivity contribution < 1.29 is 14.3 Å². The van der Waals surface area contributed by atoms with E-state index in [2.05, 4.69) is 33.0 Å². The Kier molecular flexibility index (Phi) is 6.65. The smallest absolute Gasteiger partial charge is 0.282 e. The van der Waals surface area contributed by atoms with Crippen molar-refractivity contribution in [1.82, 2.24) is 0 Å². The van der Waals surface area contributed by atoms with E-state index in [4.69, 9.17) is 4.74 Å². The van der Waals surface area contributed by atoms with Gasteiger partial charge in [-0.2, -0.15) is 0 Å². The van der Waals surface area contributed by atoms with Crippen molar-refractivity contribution in [2.75, 3.05) is 16.8 Å². The highest BCUT2D eigenvalue weighted by molar-refractivity contribution is 7.11. The van der Waals surface area contributed by atoms with Crippen molar-refractivity contribution in [2.45, 2.75) is 33.6 Å². The first-order valence-corrected chi connectivity index (χ1v) is 12.0. The number of rotatable bonds is 8. The number of anilines is 2. The molecule has 0 saturated carbocycles. The predicted molar refractivity (Wildman–Crippen MR) is 135 cm³/mol. The van der Waals surface area contributed by atoms with Crippen molar-refractivity contribution in [3.8, 4) is 5.75 Å². The van der Waals surface area contributed by atoms with Crippen LogP contribution in [0.1, 0.15) is 44.1 Å². The molecule has 0 atom stereocenters. The number of hydrogen-bond acceptors (Lipinski definition) is 5. The molecular formula is C27H28N2O3S. The number of hydrogen-bond donors (Lipinski definition) is 1. The standard InChI is InChI=1S/C27H28N2O3S/c1-17(2)16-32-22-13-11-21(12-14-22)29-26(30)24(23-6-5-15-33-23)25(27(29)31)28-20-9-7-19(8-10-20)18(3)4/h5-15,17-18,28H,16H2,1-4H3. The topological polar surface area (TPSA) is 58.6 Å². The summed E-state index contributed by atoms with van der Waals surface area (Å²) in [5.41, 5.74) is 3.18. The molecule has 1 aliphatic rings. The van der Waals surface area contributed by atoms with Crippen LogP contribution in [0.3, 0.4) is 0 Å². The van der Waals surface area contributed by atoms with E-state index in [9.17, 15) is 9.59 Å². The molecule has 6 heteroatoms. The van der Waals surface area contributed by atoms with Gasteiger partial charge in [0.05, 0.1) is 17.9 Å². The molecule has 2 heterocycles. The van der Waals surface area contributed by atoms with Crippen LogP contribution in [0, 0.1) is 5.92 Å². The first-order valence-electron chi connectivity index (χ1n) is 11.1. The van der Waals surface area contributed by atoms with E-state index >= 15 is 0 Å². The maximum absolute atomic E-state index is 13.5. The van der Waals surface area contributed by atoms with Gasteiger partial charge in [0.2, 0.25) is 0 Å². The fourth-order valence-corrected chi connectivity index (χ4v) is 4.35. The molecule has 0 saturated heterocycles. The van der Waals surface area contributed by atoms with Crippen LogP contribution in [0.25, 0.3) is 5.57 Å². The summed E-state index contributed by atoms with van der Waals surface area (Å²) in [6.07, 6.45) is 0. The molecule has 1 aliphatic heterocycles. The summed E-state index contributed by atoms with van der Waals surface area (Å²) in [6, 6.07) is 18.8. The molecule has 2 aromatic carbocycles. The molecule has 33 heavy (non-hydrogen) atoms. The SMILES string of the molecule is CC(C)COc1ccc(N2C(=O)C(Nc3ccc(C(C)C)cc3)=C(c3cccs3)C2=O)cc1. The van der Waals surface area contributed by atoms with E-state index in [1.54, 1.807) is 24.3 Å². The van der Waals surface area contributed by atoms with Gasteiger partial charge in [-0.25, -0.2) is 4.90 Å². The Hall–Kier alpha value is -3.38. The van der Waals surface area contributed by atoms with Gasteiger partial charge in [-0.3, -0.25) is 9.59 Å². The molecule has 1 N–H and O–H groups in total. The lowest BCUT2D eigenvalue weighted by atomic mass is 10.0. The molecule has 0 fully saturated rings. The number of carbonyl (C=O) groups excluding carboxylic acids is 2. The molecule has 2 amide bonds. The van der Waals surface area contributed by atoms with Crippen molar-refractivity contribution in [3.05, 3.63) is 82.2 Å². The number of ether oxygens (including phenoxy) is 1. The Bertz CT molecular complexity index is 1160. The summed E-state index contributed by atoms with van der Waals surface area (Å²) in [5.74, 6) is 0.832. The second-order valence-electron chi connectivity index (χ2n) is 8.77. The van der Waals surface area contributed by atoms with Gasteiger partial charge in [-0.05, 0) is 65.2 Å². The lowest BCUT2D eigenvalue weighted by Crippen LogP contribution is -2.32. The number of benzene rings is 2. The fourth-order valence-electron chi connectivity index (χ4n) is 3.58. The van der Waals surface area contributed by atoms with Gasteiger partial charge in [0, 0.05) is 10.6 Å². The Morgan fingerprint density at radius 1 is 0.909 bits per heavy atom. The number of imide groups is 1. The third-order valence-electron chi connectivity index (χ3n) is 5.38. The number of carbonyl (C=O) groups is 2. The quantitative estimate of drug-likeness (QED) is 0.401. The molecule has 4 rings (SSSR count). The number of thiophene rings is 1. The zero-order chi connectivity index (χ0) is 23.5. The second kappa shape index (κ2) is 9.63. The Balaban J connectivity index is 1.64. The maximum atomic E-state index is 13.5. The average molecular weight is 461 g/mol. The minimum absolute atomic E-state index is 0.292. The van der Waals surface area contributed by atoms with Gasteiger partial charge in [-0.1, -0.05) is 45.9 Å². The van der Waals surface area contributed by atoms with Crippen LogP contribution in [0.4, 0.5) is 11.4 Å². The highest BCUT2D eigenvalue weighted by atomic mass is 32.1. The molecule has 0 bridgehead atoms. The first-order chi connectivity index (χ1) is 15.8. The summed E-state index contributed by atoms with van der Waals surface area (Å²) in [4.78, 5) is 28.9. The Labute approximate surface area is 198 Å². The molecule has 0 spiro atoms. The summed E-state index contributed by atoms with van der Waals surface area (Å²) in [6.45, 7) is 9.04. The van der Waals surface area contributed by atoms with Crippen LogP contribution in [-0.4, -0.2) is 18.4 Å². The van der Waals surface area contributed by atoms with Crippen molar-refractivity contribution in [1.29, 1.82) is 0 Å². The summed E-state index contributed by atoms with van der Waals surface area (Å²) in [5, 5.41) is 5.12. The van der Waals surface area contributed by atoms with Crippen molar-refractivity contribution in [2.24, 2.45) is 5.92 Å². The van der Waals surface area contributed by atoms with Gasteiger partial charge in [0.15, 0.2) is 0 Å². The minimum atomic E-state index is -0.368. The van der Waals surface area contributed by atoms with Crippen molar-refractivity contribution in [3.63, 3.8) is 0 Å². The maximum Gasteiger partial charge on any atom is 0.282 e. The molecule has 3 aromatic rings. The van der Waals surface area contributed by atoms with Gasteiger partial charge in [0.1, 0.15) is 11.4 Å². The third kappa shape index (κ3) is 4.86. The van der Waals surface area contributed by atoms with E-state index in [-0.39, 0.29) is 11.8 Å². The minimum Gasteiger partial charge on any atom is -0.493 e. The van der Waals surface area contributed by atoms with Crippen LogP contribution >= 0.6 is 11.3 Å². The summed E-state index contributed by atoms with van der Waals surface area (Å²) >= 11 is 1.44. The van der Waals surface area contributed by atoms with Crippen LogP contribution in [-0.2, 0) is 9.59 Å². The van der Waals surface area contributed by atoms with Gasteiger partial charge in [0.25, 0.3) is 11.8 Å².